The zero-order valence-electron chi connectivity index (χ0n) is 20.5. The second kappa shape index (κ2) is 10.2. The molecule has 0 bridgehead atoms. The summed E-state index contributed by atoms with van der Waals surface area (Å²) in [4.78, 5) is 28.6. The topological polar surface area (TPSA) is 83.2 Å². The molecule has 7 nitrogen and oxygen atoms in total. The number of aliphatic hydroxyl groups is 1. The van der Waals surface area contributed by atoms with Crippen LogP contribution in [-0.2, 0) is 15.0 Å². The van der Waals surface area contributed by atoms with Crippen LogP contribution >= 0.6 is 0 Å². The van der Waals surface area contributed by atoms with Crippen LogP contribution < -0.4 is 4.74 Å². The van der Waals surface area contributed by atoms with Crippen LogP contribution in [-0.4, -0.2) is 65.1 Å². The van der Waals surface area contributed by atoms with Crippen molar-refractivity contribution in [1.29, 1.82) is 0 Å². The van der Waals surface area contributed by atoms with Gasteiger partial charge in [-0.05, 0) is 62.1 Å². The van der Waals surface area contributed by atoms with Crippen LogP contribution in [0.2, 0.25) is 0 Å². The Hall–Kier alpha value is -3.16. The van der Waals surface area contributed by atoms with Crippen LogP contribution in [0.5, 0.6) is 5.75 Å². The van der Waals surface area contributed by atoms with E-state index in [0.717, 1.165) is 24.1 Å². The highest BCUT2D eigenvalue weighted by atomic mass is 16.5. The lowest BCUT2D eigenvalue weighted by molar-refractivity contribution is -0.143. The van der Waals surface area contributed by atoms with Crippen molar-refractivity contribution < 1.29 is 23.8 Å². The largest absolute Gasteiger partial charge is 0.472 e. The van der Waals surface area contributed by atoms with Crippen molar-refractivity contribution in [3.8, 4) is 5.75 Å². The summed E-state index contributed by atoms with van der Waals surface area (Å²) in [5.74, 6) is -0.00336. The summed E-state index contributed by atoms with van der Waals surface area (Å²) in [5, 5.41) is 12.1. The number of amides is 1. The van der Waals surface area contributed by atoms with Gasteiger partial charge in [0.2, 0.25) is 5.91 Å². The maximum Gasteiger partial charge on any atom is 0.308 e. The predicted molar refractivity (Wildman–Crippen MR) is 134 cm³/mol. The average Bonchev–Trinajstić information content (AvgIpc) is 3.35. The molecule has 1 aliphatic heterocycles. The van der Waals surface area contributed by atoms with Gasteiger partial charge in [-0.15, -0.1) is 6.58 Å². The lowest BCUT2D eigenvalue weighted by Gasteiger charge is -2.59. The molecule has 1 aromatic heterocycles. The number of piperidine rings is 1. The molecular formula is C28H34N2O5. The van der Waals surface area contributed by atoms with Crippen molar-refractivity contribution in [3.63, 3.8) is 0 Å². The first-order valence-electron chi connectivity index (χ1n) is 12.1. The fourth-order valence-corrected chi connectivity index (χ4v) is 5.76. The third-order valence-corrected chi connectivity index (χ3v) is 7.60. The molecule has 1 aromatic carbocycles. The Kier molecular flexibility index (Phi) is 7.28. The van der Waals surface area contributed by atoms with Crippen molar-refractivity contribution in [3.05, 3.63) is 72.7 Å². The summed E-state index contributed by atoms with van der Waals surface area (Å²) in [6, 6.07) is 9.25. The van der Waals surface area contributed by atoms with Crippen molar-refractivity contribution in [2.45, 2.75) is 49.7 Å². The van der Waals surface area contributed by atoms with Gasteiger partial charge in [-0.2, -0.15) is 0 Å². The fraction of sp³-hybridized carbons (Fsp3) is 0.429. The molecule has 2 fully saturated rings. The Bertz CT molecular complexity index is 1090. The van der Waals surface area contributed by atoms with Gasteiger partial charge in [-0.3, -0.25) is 14.5 Å². The predicted octanol–water partition coefficient (Wildman–Crippen LogP) is 3.79. The first-order valence-corrected chi connectivity index (χ1v) is 12.1. The molecule has 0 radical (unpaired) electrons. The molecule has 35 heavy (non-hydrogen) atoms. The number of carbonyl (C=O) groups excluding carboxylic acids is 2. The lowest BCUT2D eigenvalue weighted by Crippen LogP contribution is -2.67. The molecule has 1 saturated heterocycles. The normalized spacial score (nSPS) is 26.8. The van der Waals surface area contributed by atoms with Crippen molar-refractivity contribution in [2.75, 3.05) is 26.7 Å². The number of hydrogen-bond acceptors (Lipinski definition) is 6. The van der Waals surface area contributed by atoms with Gasteiger partial charge in [0.15, 0.2) is 0 Å². The minimum atomic E-state index is -0.976. The molecule has 0 unspecified atom stereocenters. The number of furan rings is 1. The third-order valence-electron chi connectivity index (χ3n) is 7.60. The molecule has 2 aromatic rings. The molecule has 2 aliphatic rings. The molecule has 2 heterocycles. The van der Waals surface area contributed by atoms with Gasteiger partial charge in [0.25, 0.3) is 0 Å². The molecule has 1 N–H and O–H groups in total. The SMILES string of the molecule is C=CCN1CC[C@@]2(c3cccc(OC(C)=O)c3)C[C@H](N(C)C(=O)/C=C/c3ccoc3)CC[C@]2(O)C1. The number of benzene rings is 1. The summed E-state index contributed by atoms with van der Waals surface area (Å²) in [7, 11) is 1.83. The van der Waals surface area contributed by atoms with E-state index in [1.54, 1.807) is 41.7 Å². The quantitative estimate of drug-likeness (QED) is 0.282. The van der Waals surface area contributed by atoms with Crippen LogP contribution in [0.1, 0.15) is 43.7 Å². The first kappa shape index (κ1) is 24.9. The Balaban J connectivity index is 1.64. The fourth-order valence-electron chi connectivity index (χ4n) is 5.76. The molecule has 3 atom stereocenters. The van der Waals surface area contributed by atoms with Crippen LogP contribution in [0.15, 0.2) is 66.0 Å². The van der Waals surface area contributed by atoms with Crippen molar-refractivity contribution in [2.24, 2.45) is 0 Å². The maximum absolute atomic E-state index is 13.0. The van der Waals surface area contributed by atoms with Gasteiger partial charge < -0.3 is 19.2 Å². The minimum Gasteiger partial charge on any atom is -0.472 e. The van der Waals surface area contributed by atoms with Gasteiger partial charge in [0.1, 0.15) is 5.75 Å². The zero-order chi connectivity index (χ0) is 25.1. The highest BCUT2D eigenvalue weighted by Gasteiger charge is 2.58. The standard InChI is InChI=1S/C28H34N2O5/c1-4-14-30-15-13-27(23-6-5-7-25(17-23)35-21(2)31)18-24(10-12-28(27,33)20-30)29(3)26(32)9-8-22-11-16-34-19-22/h4-9,11,16-17,19,24,33H,1,10,12-15,18,20H2,2-3H3/b9-8+/t24-,27+,28+/m1/s1. The molecular weight excluding hydrogens is 444 g/mol. The number of esters is 1. The Morgan fingerprint density at radius 1 is 1.34 bits per heavy atom. The number of fused-ring (bicyclic) bond motifs is 1. The van der Waals surface area contributed by atoms with E-state index in [0.29, 0.717) is 38.1 Å². The van der Waals surface area contributed by atoms with E-state index in [2.05, 4.69) is 11.5 Å². The number of β-amino-alcohol motifs (C(OH)–C–C–N with tert-alkyl or cyclic N) is 1. The van der Waals surface area contributed by atoms with Gasteiger partial charge in [-0.25, -0.2) is 0 Å². The van der Waals surface area contributed by atoms with Crippen LogP contribution in [0.25, 0.3) is 6.08 Å². The van der Waals surface area contributed by atoms with E-state index < -0.39 is 11.0 Å². The van der Waals surface area contributed by atoms with E-state index in [9.17, 15) is 14.7 Å². The molecule has 4 rings (SSSR count). The Morgan fingerprint density at radius 3 is 2.89 bits per heavy atom. The maximum atomic E-state index is 13.0. The summed E-state index contributed by atoms with van der Waals surface area (Å²) >= 11 is 0. The second-order valence-corrected chi connectivity index (χ2v) is 9.74. The number of carbonyl (C=O) groups is 2. The van der Waals surface area contributed by atoms with Gasteiger partial charge in [0, 0.05) is 50.2 Å². The van der Waals surface area contributed by atoms with E-state index in [1.165, 1.54) is 6.92 Å². The van der Waals surface area contributed by atoms with Crippen molar-refractivity contribution >= 4 is 18.0 Å². The number of likely N-dealkylation sites (tertiary alicyclic amines) is 1. The molecule has 7 heteroatoms. The summed E-state index contributed by atoms with van der Waals surface area (Å²) in [5.41, 5.74) is 0.220. The molecule has 1 amide bonds. The van der Waals surface area contributed by atoms with E-state index in [1.807, 2.05) is 31.3 Å². The van der Waals surface area contributed by atoms with E-state index in [4.69, 9.17) is 9.15 Å². The highest BCUT2D eigenvalue weighted by molar-refractivity contribution is 5.91. The summed E-state index contributed by atoms with van der Waals surface area (Å²) < 4.78 is 10.4. The van der Waals surface area contributed by atoms with Crippen LogP contribution in [0, 0.1) is 0 Å². The zero-order valence-corrected chi connectivity index (χ0v) is 20.5. The Morgan fingerprint density at radius 2 is 2.17 bits per heavy atom. The number of rotatable bonds is 7. The van der Waals surface area contributed by atoms with E-state index >= 15 is 0 Å². The second-order valence-electron chi connectivity index (χ2n) is 9.74. The van der Waals surface area contributed by atoms with Crippen LogP contribution in [0.3, 0.4) is 0 Å². The lowest BCUT2D eigenvalue weighted by atomic mass is 9.55. The average molecular weight is 479 g/mol. The summed E-state index contributed by atoms with van der Waals surface area (Å²) in [6.45, 7) is 7.28. The Labute approximate surface area is 206 Å². The number of likely N-dealkylation sites (N-methyl/N-ethyl adjacent to an activating group) is 1. The minimum absolute atomic E-state index is 0.0416. The summed E-state index contributed by atoms with van der Waals surface area (Å²) in [6.07, 6.45) is 10.9. The molecule has 186 valence electrons. The number of nitrogens with zero attached hydrogens (tertiary/aromatic N) is 2. The number of hydrogen-bond donors (Lipinski definition) is 1. The smallest absolute Gasteiger partial charge is 0.308 e. The van der Waals surface area contributed by atoms with Gasteiger partial charge in [-0.1, -0.05) is 18.2 Å². The van der Waals surface area contributed by atoms with E-state index in [-0.39, 0.29) is 17.9 Å². The highest BCUT2D eigenvalue weighted by Crippen LogP contribution is 2.52. The van der Waals surface area contributed by atoms with Crippen LogP contribution in [0.4, 0.5) is 0 Å². The first-order chi connectivity index (χ1) is 16.8. The number of ether oxygens (including phenoxy) is 1. The van der Waals surface area contributed by atoms with Crippen molar-refractivity contribution in [1.82, 2.24) is 9.80 Å². The molecule has 0 spiro atoms. The monoisotopic (exact) mass is 478 g/mol. The third kappa shape index (κ3) is 5.11. The van der Waals surface area contributed by atoms with Gasteiger partial charge >= 0.3 is 5.97 Å². The van der Waals surface area contributed by atoms with Gasteiger partial charge in [0.05, 0.1) is 18.1 Å². The molecule has 1 aliphatic carbocycles. The molecule has 1 saturated carbocycles.